The van der Waals surface area contributed by atoms with Gasteiger partial charge in [-0.25, -0.2) is 4.68 Å². The summed E-state index contributed by atoms with van der Waals surface area (Å²) in [6, 6.07) is 12.1. The van der Waals surface area contributed by atoms with Gasteiger partial charge in [0.1, 0.15) is 5.82 Å². The Balaban J connectivity index is 1.50. The van der Waals surface area contributed by atoms with E-state index in [1.165, 1.54) is 25.7 Å². The maximum absolute atomic E-state index is 12.6. The molecule has 2 aliphatic rings. The van der Waals surface area contributed by atoms with Crippen molar-refractivity contribution in [1.29, 1.82) is 0 Å². The van der Waals surface area contributed by atoms with Crippen LogP contribution >= 0.6 is 0 Å². The van der Waals surface area contributed by atoms with Crippen LogP contribution in [-0.2, 0) is 4.79 Å². The SMILES string of the molecule is C[C@@H]1CCCN(CC(=O)Nc2cc(C3CC3)nn2-c2ccccc2)C1. The number of anilines is 1. The van der Waals surface area contributed by atoms with Crippen molar-refractivity contribution in [3.8, 4) is 5.69 Å². The minimum absolute atomic E-state index is 0.0496. The van der Waals surface area contributed by atoms with Gasteiger partial charge in [0, 0.05) is 18.5 Å². The first kappa shape index (κ1) is 16.3. The monoisotopic (exact) mass is 338 g/mol. The molecule has 0 spiro atoms. The van der Waals surface area contributed by atoms with E-state index in [2.05, 4.69) is 17.1 Å². The first-order valence-corrected chi connectivity index (χ1v) is 9.36. The predicted molar refractivity (Wildman–Crippen MR) is 99.0 cm³/mol. The summed E-state index contributed by atoms with van der Waals surface area (Å²) in [5, 5.41) is 7.84. The normalized spacial score (nSPS) is 21.2. The number of nitrogens with zero attached hydrogens (tertiary/aromatic N) is 3. The lowest BCUT2D eigenvalue weighted by Crippen LogP contribution is -2.39. The Morgan fingerprint density at radius 3 is 2.76 bits per heavy atom. The minimum Gasteiger partial charge on any atom is -0.309 e. The van der Waals surface area contributed by atoms with E-state index >= 15 is 0 Å². The fourth-order valence-electron chi connectivity index (χ4n) is 3.65. The van der Waals surface area contributed by atoms with Crippen LogP contribution in [0.4, 0.5) is 5.82 Å². The highest BCUT2D eigenvalue weighted by Gasteiger charge is 2.28. The van der Waals surface area contributed by atoms with Crippen LogP contribution in [-0.4, -0.2) is 40.2 Å². The maximum atomic E-state index is 12.6. The number of carbonyl (C=O) groups is 1. The summed E-state index contributed by atoms with van der Waals surface area (Å²) in [7, 11) is 0. The summed E-state index contributed by atoms with van der Waals surface area (Å²) in [4.78, 5) is 14.8. The van der Waals surface area contributed by atoms with Gasteiger partial charge in [0.2, 0.25) is 5.91 Å². The molecule has 1 saturated heterocycles. The summed E-state index contributed by atoms with van der Waals surface area (Å²) in [6.45, 7) is 4.75. The van der Waals surface area contributed by atoms with E-state index in [-0.39, 0.29) is 5.91 Å². The number of nitrogens with one attached hydrogen (secondary N) is 1. The molecule has 1 aromatic carbocycles. The van der Waals surface area contributed by atoms with E-state index < -0.39 is 0 Å². The van der Waals surface area contributed by atoms with Gasteiger partial charge >= 0.3 is 0 Å². The Labute approximate surface area is 149 Å². The second kappa shape index (κ2) is 7.00. The summed E-state index contributed by atoms with van der Waals surface area (Å²) in [5.41, 5.74) is 2.07. The summed E-state index contributed by atoms with van der Waals surface area (Å²) >= 11 is 0. The lowest BCUT2D eigenvalue weighted by atomic mass is 10.0. The molecule has 5 nitrogen and oxygen atoms in total. The zero-order valence-corrected chi connectivity index (χ0v) is 14.8. The highest BCUT2D eigenvalue weighted by atomic mass is 16.2. The van der Waals surface area contributed by atoms with E-state index in [4.69, 9.17) is 5.10 Å². The summed E-state index contributed by atoms with van der Waals surface area (Å²) in [5.74, 6) is 2.07. The fraction of sp³-hybridized carbons (Fsp3) is 0.500. The van der Waals surface area contributed by atoms with Crippen LogP contribution in [0.2, 0.25) is 0 Å². The molecule has 2 heterocycles. The molecule has 1 amide bonds. The second-order valence-electron chi connectivity index (χ2n) is 7.51. The predicted octanol–water partition coefficient (Wildman–Crippen LogP) is 3.42. The Kier molecular flexibility index (Phi) is 4.57. The zero-order valence-electron chi connectivity index (χ0n) is 14.8. The Bertz CT molecular complexity index is 735. The van der Waals surface area contributed by atoms with E-state index in [9.17, 15) is 4.79 Å². The van der Waals surface area contributed by atoms with Gasteiger partial charge in [-0.2, -0.15) is 5.10 Å². The number of carbonyl (C=O) groups excluding carboxylic acids is 1. The van der Waals surface area contributed by atoms with Crippen molar-refractivity contribution >= 4 is 11.7 Å². The quantitative estimate of drug-likeness (QED) is 0.909. The van der Waals surface area contributed by atoms with Crippen LogP contribution in [0.1, 0.15) is 44.2 Å². The van der Waals surface area contributed by atoms with Gasteiger partial charge in [-0.15, -0.1) is 0 Å². The van der Waals surface area contributed by atoms with Crippen molar-refractivity contribution in [3.05, 3.63) is 42.1 Å². The van der Waals surface area contributed by atoms with Crippen molar-refractivity contribution in [2.75, 3.05) is 25.0 Å². The molecular formula is C20H26N4O. The van der Waals surface area contributed by atoms with Gasteiger partial charge in [0.25, 0.3) is 0 Å². The molecule has 1 aliphatic carbocycles. The van der Waals surface area contributed by atoms with Crippen LogP contribution in [0, 0.1) is 5.92 Å². The van der Waals surface area contributed by atoms with Crippen molar-refractivity contribution in [2.45, 2.75) is 38.5 Å². The largest absolute Gasteiger partial charge is 0.309 e. The number of aromatic nitrogens is 2. The standard InChI is InChI=1S/C20H26N4O/c1-15-6-5-11-23(13-15)14-20(25)21-19-12-18(16-9-10-16)22-24(19)17-7-3-2-4-8-17/h2-4,7-8,12,15-16H,5-6,9-11,13-14H2,1H3,(H,21,25)/t15-/m1/s1. The van der Waals surface area contributed by atoms with Gasteiger partial charge in [-0.1, -0.05) is 25.1 Å². The molecule has 2 aromatic rings. The van der Waals surface area contributed by atoms with Crippen LogP contribution in [0.3, 0.4) is 0 Å². The molecule has 1 aromatic heterocycles. The van der Waals surface area contributed by atoms with Crippen molar-refractivity contribution < 1.29 is 4.79 Å². The summed E-state index contributed by atoms with van der Waals surface area (Å²) < 4.78 is 1.87. The Hall–Kier alpha value is -2.14. The lowest BCUT2D eigenvalue weighted by Gasteiger charge is -2.30. The molecule has 0 unspecified atom stereocenters. The number of rotatable bonds is 5. The smallest absolute Gasteiger partial charge is 0.239 e. The molecule has 0 radical (unpaired) electrons. The molecule has 2 fully saturated rings. The van der Waals surface area contributed by atoms with Gasteiger partial charge in [0.15, 0.2) is 0 Å². The molecule has 1 aliphatic heterocycles. The Morgan fingerprint density at radius 1 is 1.24 bits per heavy atom. The second-order valence-corrected chi connectivity index (χ2v) is 7.51. The number of piperidine rings is 1. The fourth-order valence-corrected chi connectivity index (χ4v) is 3.65. The van der Waals surface area contributed by atoms with Gasteiger partial charge in [-0.05, 0) is 50.3 Å². The number of benzene rings is 1. The van der Waals surface area contributed by atoms with Crippen molar-refractivity contribution in [2.24, 2.45) is 5.92 Å². The van der Waals surface area contributed by atoms with Gasteiger partial charge < -0.3 is 5.32 Å². The number of para-hydroxylation sites is 1. The highest BCUT2D eigenvalue weighted by molar-refractivity contribution is 5.91. The summed E-state index contributed by atoms with van der Waals surface area (Å²) in [6.07, 6.45) is 4.85. The number of hydrogen-bond donors (Lipinski definition) is 1. The maximum Gasteiger partial charge on any atom is 0.239 e. The third kappa shape index (κ3) is 3.93. The van der Waals surface area contributed by atoms with Crippen LogP contribution in [0.5, 0.6) is 0 Å². The number of hydrogen-bond acceptors (Lipinski definition) is 3. The van der Waals surface area contributed by atoms with Gasteiger partial charge in [0.05, 0.1) is 17.9 Å². The van der Waals surface area contributed by atoms with Crippen LogP contribution in [0.15, 0.2) is 36.4 Å². The van der Waals surface area contributed by atoms with E-state index in [1.807, 2.05) is 41.1 Å². The molecule has 1 N–H and O–H groups in total. The molecular weight excluding hydrogens is 312 g/mol. The van der Waals surface area contributed by atoms with Crippen LogP contribution < -0.4 is 5.32 Å². The van der Waals surface area contributed by atoms with Crippen molar-refractivity contribution in [3.63, 3.8) is 0 Å². The lowest BCUT2D eigenvalue weighted by molar-refractivity contribution is -0.117. The first-order chi connectivity index (χ1) is 12.2. The van der Waals surface area contributed by atoms with E-state index in [0.717, 1.165) is 30.3 Å². The van der Waals surface area contributed by atoms with Gasteiger partial charge in [-0.3, -0.25) is 9.69 Å². The first-order valence-electron chi connectivity index (χ1n) is 9.36. The third-order valence-corrected chi connectivity index (χ3v) is 5.10. The van der Waals surface area contributed by atoms with E-state index in [1.54, 1.807) is 0 Å². The topological polar surface area (TPSA) is 50.2 Å². The molecule has 5 heteroatoms. The molecule has 25 heavy (non-hydrogen) atoms. The molecule has 1 saturated carbocycles. The third-order valence-electron chi connectivity index (χ3n) is 5.10. The minimum atomic E-state index is 0.0496. The Morgan fingerprint density at radius 2 is 2.04 bits per heavy atom. The molecule has 132 valence electrons. The number of likely N-dealkylation sites (tertiary alicyclic amines) is 1. The molecule has 0 bridgehead atoms. The number of amides is 1. The van der Waals surface area contributed by atoms with Crippen LogP contribution in [0.25, 0.3) is 5.69 Å². The molecule has 4 rings (SSSR count). The average Bonchev–Trinajstić information content (AvgIpc) is 3.37. The highest BCUT2D eigenvalue weighted by Crippen LogP contribution is 2.40. The zero-order chi connectivity index (χ0) is 17.2. The van der Waals surface area contributed by atoms with Crippen molar-refractivity contribution in [1.82, 2.24) is 14.7 Å². The average molecular weight is 338 g/mol. The van der Waals surface area contributed by atoms with E-state index in [0.29, 0.717) is 18.4 Å². The molecule has 1 atom stereocenters.